The van der Waals surface area contributed by atoms with Gasteiger partial charge in [0.1, 0.15) is 11.3 Å². The number of rotatable bonds is 3. The molecule has 1 aromatic heterocycles. The van der Waals surface area contributed by atoms with Crippen LogP contribution >= 0.6 is 0 Å². The molecule has 0 radical (unpaired) electrons. The second-order valence-corrected chi connectivity index (χ2v) is 6.30. The highest BCUT2D eigenvalue weighted by molar-refractivity contribution is 6.11. The van der Waals surface area contributed by atoms with Gasteiger partial charge in [-0.25, -0.2) is 0 Å². The predicted octanol–water partition coefficient (Wildman–Crippen LogP) is 3.59. The standard InChI is InChI=1S/C20H18N2O3/c21-19(23)18-17(15-9-3-4-11-16(15)25-18)22-20(24)14-10-5-7-12-6-1-2-8-13(12)14/h1-4,6,8-9,11,14H,5,7,10H2,(H2,21,23)(H,22,24)/t14-/m1/s1. The van der Waals surface area contributed by atoms with E-state index in [0.717, 1.165) is 24.8 Å². The maximum Gasteiger partial charge on any atom is 0.286 e. The van der Waals surface area contributed by atoms with Crippen molar-refractivity contribution in [2.24, 2.45) is 5.73 Å². The Hall–Kier alpha value is -3.08. The van der Waals surface area contributed by atoms with Crippen LogP contribution in [0.25, 0.3) is 11.0 Å². The van der Waals surface area contributed by atoms with Gasteiger partial charge in [0.2, 0.25) is 11.7 Å². The molecular weight excluding hydrogens is 316 g/mol. The Morgan fingerprint density at radius 2 is 1.84 bits per heavy atom. The van der Waals surface area contributed by atoms with Crippen molar-refractivity contribution < 1.29 is 14.0 Å². The second kappa shape index (κ2) is 6.09. The zero-order chi connectivity index (χ0) is 17.4. The van der Waals surface area contributed by atoms with Crippen molar-refractivity contribution in [3.63, 3.8) is 0 Å². The predicted molar refractivity (Wildman–Crippen MR) is 95.5 cm³/mol. The Bertz CT molecular complexity index is 974. The van der Waals surface area contributed by atoms with Crippen LogP contribution in [-0.2, 0) is 11.2 Å². The van der Waals surface area contributed by atoms with E-state index < -0.39 is 5.91 Å². The van der Waals surface area contributed by atoms with Crippen LogP contribution in [0.3, 0.4) is 0 Å². The smallest absolute Gasteiger partial charge is 0.286 e. The van der Waals surface area contributed by atoms with Gasteiger partial charge in [-0.1, -0.05) is 36.4 Å². The third-order valence-electron chi connectivity index (χ3n) is 4.75. The van der Waals surface area contributed by atoms with Crippen molar-refractivity contribution in [1.82, 2.24) is 0 Å². The molecule has 1 aliphatic rings. The Morgan fingerprint density at radius 3 is 2.68 bits per heavy atom. The Balaban J connectivity index is 1.72. The summed E-state index contributed by atoms with van der Waals surface area (Å²) in [6.07, 6.45) is 2.73. The van der Waals surface area contributed by atoms with Crippen LogP contribution in [0.5, 0.6) is 0 Å². The molecule has 2 aromatic carbocycles. The summed E-state index contributed by atoms with van der Waals surface area (Å²) in [4.78, 5) is 24.7. The van der Waals surface area contributed by atoms with Crippen molar-refractivity contribution in [2.45, 2.75) is 25.2 Å². The van der Waals surface area contributed by atoms with Crippen molar-refractivity contribution in [2.75, 3.05) is 5.32 Å². The third-order valence-corrected chi connectivity index (χ3v) is 4.75. The number of hydrogen-bond donors (Lipinski definition) is 2. The first-order valence-corrected chi connectivity index (χ1v) is 8.35. The largest absolute Gasteiger partial charge is 0.449 e. The van der Waals surface area contributed by atoms with Gasteiger partial charge in [0, 0.05) is 5.39 Å². The van der Waals surface area contributed by atoms with Crippen LogP contribution in [0.15, 0.2) is 52.9 Å². The summed E-state index contributed by atoms with van der Waals surface area (Å²) in [5, 5.41) is 3.57. The lowest BCUT2D eigenvalue weighted by atomic mass is 9.82. The molecule has 0 fully saturated rings. The molecule has 0 aliphatic heterocycles. The van der Waals surface area contributed by atoms with Crippen LogP contribution in [0.4, 0.5) is 5.69 Å². The molecule has 0 saturated heterocycles. The zero-order valence-corrected chi connectivity index (χ0v) is 13.6. The van der Waals surface area contributed by atoms with E-state index >= 15 is 0 Å². The van der Waals surface area contributed by atoms with Crippen LogP contribution in [-0.4, -0.2) is 11.8 Å². The molecule has 1 aliphatic carbocycles. The first-order chi connectivity index (χ1) is 12.1. The molecule has 5 heteroatoms. The van der Waals surface area contributed by atoms with E-state index in [1.54, 1.807) is 18.2 Å². The quantitative estimate of drug-likeness (QED) is 0.767. The van der Waals surface area contributed by atoms with Gasteiger partial charge in [-0.3, -0.25) is 9.59 Å². The summed E-state index contributed by atoms with van der Waals surface area (Å²) in [5.74, 6) is -1.09. The number of nitrogens with one attached hydrogen (secondary N) is 1. The topological polar surface area (TPSA) is 85.3 Å². The summed E-state index contributed by atoms with van der Waals surface area (Å²) in [5.41, 5.74) is 8.57. The molecule has 126 valence electrons. The highest BCUT2D eigenvalue weighted by Gasteiger charge is 2.28. The molecule has 25 heavy (non-hydrogen) atoms. The van der Waals surface area contributed by atoms with Crippen LogP contribution < -0.4 is 11.1 Å². The number of anilines is 1. The highest BCUT2D eigenvalue weighted by atomic mass is 16.3. The molecule has 1 atom stereocenters. The van der Waals surface area contributed by atoms with Gasteiger partial charge >= 0.3 is 0 Å². The van der Waals surface area contributed by atoms with E-state index in [-0.39, 0.29) is 17.6 Å². The van der Waals surface area contributed by atoms with Crippen LogP contribution in [0.1, 0.15) is 40.4 Å². The van der Waals surface area contributed by atoms with Gasteiger partial charge in [-0.05, 0) is 42.5 Å². The number of furan rings is 1. The molecule has 5 nitrogen and oxygen atoms in total. The van der Waals surface area contributed by atoms with E-state index in [9.17, 15) is 9.59 Å². The number of hydrogen-bond acceptors (Lipinski definition) is 3. The number of primary amides is 1. The molecule has 2 amide bonds. The molecule has 3 aromatic rings. The molecule has 3 N–H and O–H groups in total. The number of nitrogens with two attached hydrogens (primary N) is 1. The number of carbonyl (C=O) groups is 2. The molecule has 0 unspecified atom stereocenters. The maximum atomic E-state index is 12.9. The number of benzene rings is 2. The van der Waals surface area contributed by atoms with E-state index in [0.29, 0.717) is 16.7 Å². The number of amides is 2. The van der Waals surface area contributed by atoms with E-state index in [2.05, 4.69) is 11.4 Å². The van der Waals surface area contributed by atoms with E-state index in [4.69, 9.17) is 10.2 Å². The van der Waals surface area contributed by atoms with E-state index in [1.165, 1.54) is 5.56 Å². The molecule has 0 spiro atoms. The van der Waals surface area contributed by atoms with Gasteiger partial charge in [-0.15, -0.1) is 0 Å². The van der Waals surface area contributed by atoms with Crippen LogP contribution in [0, 0.1) is 0 Å². The zero-order valence-electron chi connectivity index (χ0n) is 13.6. The Labute approximate surface area is 144 Å². The average molecular weight is 334 g/mol. The average Bonchev–Trinajstić information content (AvgIpc) is 3.00. The van der Waals surface area contributed by atoms with Crippen molar-refractivity contribution in [3.8, 4) is 0 Å². The first kappa shape index (κ1) is 15.4. The highest BCUT2D eigenvalue weighted by Crippen LogP contribution is 2.35. The van der Waals surface area contributed by atoms with Crippen molar-refractivity contribution >= 4 is 28.5 Å². The minimum atomic E-state index is -0.699. The SMILES string of the molecule is NC(=O)c1oc2ccccc2c1NC(=O)[C@@H]1CCCc2ccccc21. The lowest BCUT2D eigenvalue weighted by molar-refractivity contribution is -0.117. The minimum Gasteiger partial charge on any atom is -0.449 e. The van der Waals surface area contributed by atoms with Crippen LogP contribution in [0.2, 0.25) is 0 Å². The van der Waals surface area contributed by atoms with Gasteiger partial charge < -0.3 is 15.5 Å². The molecule has 4 rings (SSSR count). The normalized spacial score (nSPS) is 16.4. The van der Waals surface area contributed by atoms with E-state index in [1.807, 2.05) is 24.3 Å². The second-order valence-electron chi connectivity index (χ2n) is 6.30. The van der Waals surface area contributed by atoms with Gasteiger partial charge in [0.15, 0.2) is 0 Å². The summed E-state index contributed by atoms with van der Waals surface area (Å²) in [7, 11) is 0. The van der Waals surface area contributed by atoms with Crippen molar-refractivity contribution in [1.29, 1.82) is 0 Å². The maximum absolute atomic E-state index is 12.9. The fourth-order valence-electron chi connectivity index (χ4n) is 3.58. The number of para-hydroxylation sites is 1. The number of fused-ring (bicyclic) bond motifs is 2. The Kier molecular flexibility index (Phi) is 3.76. The minimum absolute atomic E-state index is 0.0151. The monoisotopic (exact) mass is 334 g/mol. The molecule has 0 saturated carbocycles. The summed E-state index contributed by atoms with van der Waals surface area (Å²) >= 11 is 0. The lowest BCUT2D eigenvalue weighted by Crippen LogP contribution is -2.25. The molecule has 0 bridgehead atoms. The van der Waals surface area contributed by atoms with Gasteiger partial charge in [-0.2, -0.15) is 0 Å². The summed E-state index contributed by atoms with van der Waals surface area (Å²) in [6.45, 7) is 0. The molecule has 1 heterocycles. The molecular formula is C20H18N2O3. The number of carbonyl (C=O) groups excluding carboxylic acids is 2. The van der Waals surface area contributed by atoms with Gasteiger partial charge in [0.25, 0.3) is 5.91 Å². The first-order valence-electron chi connectivity index (χ1n) is 8.35. The van der Waals surface area contributed by atoms with Gasteiger partial charge in [0.05, 0.1) is 5.92 Å². The third kappa shape index (κ3) is 2.67. The summed E-state index contributed by atoms with van der Waals surface area (Å²) in [6, 6.07) is 15.2. The Morgan fingerprint density at radius 1 is 1.08 bits per heavy atom. The number of aryl methyl sites for hydroxylation is 1. The fourth-order valence-corrected chi connectivity index (χ4v) is 3.58. The summed E-state index contributed by atoms with van der Waals surface area (Å²) < 4.78 is 5.53. The van der Waals surface area contributed by atoms with Crippen molar-refractivity contribution in [3.05, 3.63) is 65.4 Å². The fraction of sp³-hybridized carbons (Fsp3) is 0.200. The lowest BCUT2D eigenvalue weighted by Gasteiger charge is -2.24.